The van der Waals surface area contributed by atoms with Crippen LogP contribution in [0.1, 0.15) is 76.3 Å². The predicted octanol–water partition coefficient (Wildman–Crippen LogP) is 11.0. The maximum absolute atomic E-state index is 5.44. The van der Waals surface area contributed by atoms with E-state index in [1.807, 2.05) is 0 Å². The molecule has 0 atom stereocenters. The van der Waals surface area contributed by atoms with Gasteiger partial charge in [0.1, 0.15) is 11.5 Å². The number of rotatable bonds is 11. The molecule has 4 heteroatoms. The zero-order chi connectivity index (χ0) is 31.2. The Labute approximate surface area is 270 Å². The van der Waals surface area contributed by atoms with Gasteiger partial charge in [0, 0.05) is 34.8 Å². The summed E-state index contributed by atoms with van der Waals surface area (Å²) in [6, 6.07) is 36.6. The lowest BCUT2D eigenvalue weighted by Gasteiger charge is -2.32. The Hall–Kier alpha value is -4.18. The molecule has 0 unspecified atom stereocenters. The summed E-state index contributed by atoms with van der Waals surface area (Å²) >= 11 is 0. The van der Waals surface area contributed by atoms with Gasteiger partial charge in [-0.3, -0.25) is 0 Å². The fraction of sp³-hybridized carbons (Fsp3) is 0.366. The molecule has 4 aromatic carbocycles. The second-order valence-electron chi connectivity index (χ2n) is 12.9. The van der Waals surface area contributed by atoms with Crippen molar-refractivity contribution in [3.8, 4) is 11.5 Å². The third-order valence-electron chi connectivity index (χ3n) is 9.49. The summed E-state index contributed by atoms with van der Waals surface area (Å²) in [5, 5.41) is 0. The Morgan fingerprint density at radius 2 is 0.844 bits per heavy atom. The third-order valence-corrected chi connectivity index (χ3v) is 9.49. The minimum Gasteiger partial charge on any atom is -0.497 e. The number of ether oxygens (including phenoxy) is 2. The molecular formula is C41H48N2O2. The Morgan fingerprint density at radius 1 is 0.533 bits per heavy atom. The summed E-state index contributed by atoms with van der Waals surface area (Å²) < 4.78 is 10.9. The average Bonchev–Trinajstić information content (AvgIpc) is 3.81. The van der Waals surface area contributed by atoms with Gasteiger partial charge in [-0.15, -0.1) is 0 Å². The maximum atomic E-state index is 5.44. The van der Waals surface area contributed by atoms with E-state index in [4.69, 9.17) is 9.47 Å². The molecule has 0 radical (unpaired) electrons. The first kappa shape index (κ1) is 30.8. The molecule has 0 saturated heterocycles. The zero-order valence-electron chi connectivity index (χ0n) is 27.4. The zero-order valence-corrected chi connectivity index (χ0v) is 27.4. The van der Waals surface area contributed by atoms with Crippen LogP contribution in [0.3, 0.4) is 0 Å². The Kier molecular flexibility index (Phi) is 9.78. The third kappa shape index (κ3) is 7.06. The van der Waals surface area contributed by atoms with Crippen molar-refractivity contribution in [1.82, 2.24) is 0 Å². The van der Waals surface area contributed by atoms with E-state index in [0.29, 0.717) is 18.0 Å². The first-order valence-electron chi connectivity index (χ1n) is 16.8. The largest absolute Gasteiger partial charge is 0.497 e. The topological polar surface area (TPSA) is 24.9 Å². The van der Waals surface area contributed by atoms with E-state index in [1.54, 1.807) is 14.2 Å². The summed E-state index contributed by atoms with van der Waals surface area (Å²) in [6.07, 6.45) is 12.5. The fourth-order valence-electron chi connectivity index (χ4n) is 7.25. The Balaban J connectivity index is 1.29. The molecule has 0 aromatic heterocycles. The van der Waals surface area contributed by atoms with Crippen molar-refractivity contribution in [2.75, 3.05) is 24.0 Å². The summed E-state index contributed by atoms with van der Waals surface area (Å²) in [7, 11) is 3.45. The molecule has 0 N–H and O–H groups in total. The number of anilines is 4. The fourth-order valence-corrected chi connectivity index (χ4v) is 7.25. The Bertz CT molecular complexity index is 1410. The van der Waals surface area contributed by atoms with Gasteiger partial charge < -0.3 is 19.3 Å². The van der Waals surface area contributed by atoms with Crippen molar-refractivity contribution in [1.29, 1.82) is 0 Å². The SMILES string of the molecule is COc1ccc(N(c2ccc(C(=CC(C)C)c3ccc(N(c4ccc(OC)cc4)C4CCCC4)cc3)cc2)C2CCCC2)cc1. The van der Waals surface area contributed by atoms with Crippen molar-refractivity contribution in [2.45, 2.75) is 77.3 Å². The summed E-state index contributed by atoms with van der Waals surface area (Å²) in [5.41, 5.74) is 8.76. The number of nitrogens with zero attached hydrogens (tertiary/aromatic N) is 2. The van der Waals surface area contributed by atoms with Gasteiger partial charge >= 0.3 is 0 Å². The summed E-state index contributed by atoms with van der Waals surface area (Å²) in [5.74, 6) is 2.22. The highest BCUT2D eigenvalue weighted by atomic mass is 16.5. The van der Waals surface area contributed by atoms with Crippen LogP contribution in [0.25, 0.3) is 5.57 Å². The number of allylic oxidation sites excluding steroid dienone is 1. The van der Waals surface area contributed by atoms with Gasteiger partial charge in [-0.2, -0.15) is 0 Å². The van der Waals surface area contributed by atoms with Crippen molar-refractivity contribution in [2.24, 2.45) is 5.92 Å². The number of benzene rings is 4. The lowest BCUT2D eigenvalue weighted by atomic mass is 9.94. The van der Waals surface area contributed by atoms with Crippen molar-refractivity contribution >= 4 is 28.3 Å². The molecular weight excluding hydrogens is 552 g/mol. The number of hydrogen-bond acceptors (Lipinski definition) is 4. The molecule has 6 rings (SSSR count). The lowest BCUT2D eigenvalue weighted by molar-refractivity contribution is 0.414. The lowest BCUT2D eigenvalue weighted by Crippen LogP contribution is -2.28. The van der Waals surface area contributed by atoms with Gasteiger partial charge in [-0.05, 0) is 121 Å². The van der Waals surface area contributed by atoms with E-state index in [0.717, 1.165) is 11.5 Å². The molecule has 2 aliphatic rings. The van der Waals surface area contributed by atoms with E-state index in [2.05, 4.69) is 127 Å². The molecule has 4 nitrogen and oxygen atoms in total. The van der Waals surface area contributed by atoms with Crippen LogP contribution in [0.2, 0.25) is 0 Å². The highest BCUT2D eigenvalue weighted by Crippen LogP contribution is 2.39. The molecule has 0 spiro atoms. The molecule has 2 fully saturated rings. The number of methoxy groups -OCH3 is 2. The van der Waals surface area contributed by atoms with E-state index < -0.39 is 0 Å². The maximum Gasteiger partial charge on any atom is 0.119 e. The van der Waals surface area contributed by atoms with Crippen molar-refractivity contribution in [3.63, 3.8) is 0 Å². The molecule has 234 valence electrons. The molecule has 2 saturated carbocycles. The van der Waals surface area contributed by atoms with Crippen LogP contribution in [0.5, 0.6) is 11.5 Å². The smallest absolute Gasteiger partial charge is 0.119 e. The van der Waals surface area contributed by atoms with E-state index in [1.165, 1.54) is 90.8 Å². The first-order valence-corrected chi connectivity index (χ1v) is 16.8. The van der Waals surface area contributed by atoms with Gasteiger partial charge in [-0.25, -0.2) is 0 Å². The number of hydrogen-bond donors (Lipinski definition) is 0. The van der Waals surface area contributed by atoms with Crippen molar-refractivity contribution in [3.05, 3.63) is 114 Å². The summed E-state index contributed by atoms with van der Waals surface area (Å²) in [6.45, 7) is 4.53. The second kappa shape index (κ2) is 14.3. The highest BCUT2D eigenvalue weighted by molar-refractivity contribution is 5.82. The molecule has 0 aliphatic heterocycles. The van der Waals surface area contributed by atoms with Crippen LogP contribution < -0.4 is 19.3 Å². The Morgan fingerprint density at radius 3 is 1.13 bits per heavy atom. The van der Waals surface area contributed by atoms with Gasteiger partial charge in [0.2, 0.25) is 0 Å². The first-order chi connectivity index (χ1) is 22.0. The van der Waals surface area contributed by atoms with Gasteiger partial charge in [-0.1, -0.05) is 69.9 Å². The van der Waals surface area contributed by atoms with E-state index >= 15 is 0 Å². The van der Waals surface area contributed by atoms with Crippen LogP contribution in [-0.4, -0.2) is 26.3 Å². The van der Waals surface area contributed by atoms with Gasteiger partial charge in [0.05, 0.1) is 14.2 Å². The minimum absolute atomic E-state index is 0.433. The standard InChI is InChI=1S/C41H48N2O2/c1-30(2)29-41(31-13-17-35(18-14-31)42(33-9-5-6-10-33)37-21-25-39(44-3)26-22-37)32-15-19-36(20-16-32)43(34-11-7-8-12-34)38-23-27-40(45-4)28-24-38/h13-30,33-34H,5-12H2,1-4H3. The van der Waals surface area contributed by atoms with Gasteiger partial charge in [0.15, 0.2) is 0 Å². The predicted molar refractivity (Wildman–Crippen MR) is 190 cm³/mol. The molecule has 4 aromatic rings. The quantitative estimate of drug-likeness (QED) is 0.171. The van der Waals surface area contributed by atoms with Crippen LogP contribution in [0.4, 0.5) is 22.7 Å². The van der Waals surface area contributed by atoms with Crippen LogP contribution >= 0.6 is 0 Å². The van der Waals surface area contributed by atoms with Crippen LogP contribution in [0, 0.1) is 5.92 Å². The molecule has 0 bridgehead atoms. The normalized spacial score (nSPS) is 15.3. The van der Waals surface area contributed by atoms with Crippen molar-refractivity contribution < 1.29 is 9.47 Å². The van der Waals surface area contributed by atoms with Gasteiger partial charge in [0.25, 0.3) is 0 Å². The monoisotopic (exact) mass is 600 g/mol. The van der Waals surface area contributed by atoms with Crippen LogP contribution in [-0.2, 0) is 0 Å². The second-order valence-corrected chi connectivity index (χ2v) is 12.9. The highest BCUT2D eigenvalue weighted by Gasteiger charge is 2.26. The molecule has 0 heterocycles. The molecule has 2 aliphatic carbocycles. The van der Waals surface area contributed by atoms with E-state index in [-0.39, 0.29) is 0 Å². The van der Waals surface area contributed by atoms with E-state index in [9.17, 15) is 0 Å². The van der Waals surface area contributed by atoms with Crippen LogP contribution in [0.15, 0.2) is 103 Å². The minimum atomic E-state index is 0.433. The summed E-state index contributed by atoms with van der Waals surface area (Å²) in [4.78, 5) is 5.07. The molecule has 0 amide bonds. The molecule has 45 heavy (non-hydrogen) atoms. The average molecular weight is 601 g/mol.